The molecule has 0 spiro atoms. The van der Waals surface area contributed by atoms with Crippen molar-refractivity contribution >= 4 is 10.1 Å². The summed E-state index contributed by atoms with van der Waals surface area (Å²) >= 11 is 0. The highest BCUT2D eigenvalue weighted by atomic mass is 32.2. The predicted molar refractivity (Wildman–Crippen MR) is 77.5 cm³/mol. The molecule has 4 nitrogen and oxygen atoms in total. The maximum Gasteiger partial charge on any atom is 0.306 e. The zero-order valence-corrected chi connectivity index (χ0v) is 12.3. The van der Waals surface area contributed by atoms with E-state index in [1.54, 1.807) is 24.3 Å². The van der Waals surface area contributed by atoms with Crippen molar-refractivity contribution in [1.29, 1.82) is 0 Å². The second kappa shape index (κ2) is 6.58. The van der Waals surface area contributed by atoms with Crippen LogP contribution in [0.5, 0.6) is 11.5 Å². The van der Waals surface area contributed by atoms with Crippen LogP contribution in [0.4, 0.5) is 4.39 Å². The Morgan fingerprint density at radius 2 is 1.71 bits per heavy atom. The van der Waals surface area contributed by atoms with Crippen LogP contribution in [0.15, 0.2) is 48.5 Å². The van der Waals surface area contributed by atoms with Crippen LogP contribution in [-0.4, -0.2) is 21.3 Å². The Hall–Kier alpha value is -2.08. The van der Waals surface area contributed by atoms with E-state index in [1.807, 2.05) is 0 Å². The molecule has 0 aromatic heterocycles. The highest BCUT2D eigenvalue weighted by Gasteiger charge is 2.09. The molecule has 0 unspecified atom stereocenters. The molecule has 2 aromatic carbocycles. The van der Waals surface area contributed by atoms with Gasteiger partial charge < -0.3 is 8.92 Å². The van der Waals surface area contributed by atoms with Gasteiger partial charge in [0.25, 0.3) is 0 Å². The molecule has 0 aliphatic heterocycles. The first-order valence-electron chi connectivity index (χ1n) is 6.30. The first-order valence-corrected chi connectivity index (χ1v) is 8.11. The molecule has 0 aliphatic rings. The van der Waals surface area contributed by atoms with Crippen LogP contribution in [0.25, 0.3) is 0 Å². The summed E-state index contributed by atoms with van der Waals surface area (Å²) in [5.74, 6) is 0.523. The monoisotopic (exact) mass is 310 g/mol. The van der Waals surface area contributed by atoms with Gasteiger partial charge in [0.2, 0.25) is 0 Å². The lowest BCUT2D eigenvalue weighted by molar-refractivity contribution is 0.320. The van der Waals surface area contributed by atoms with Crippen LogP contribution in [0.1, 0.15) is 5.56 Å². The van der Waals surface area contributed by atoms with Crippen LogP contribution < -0.4 is 8.92 Å². The second-order valence-corrected chi connectivity index (χ2v) is 6.02. The lowest BCUT2D eigenvalue weighted by atomic mass is 10.1. The Kier molecular flexibility index (Phi) is 4.80. The topological polar surface area (TPSA) is 52.6 Å². The van der Waals surface area contributed by atoms with Crippen molar-refractivity contribution in [3.05, 3.63) is 59.9 Å². The number of hydrogen-bond acceptors (Lipinski definition) is 4. The van der Waals surface area contributed by atoms with E-state index in [2.05, 4.69) is 0 Å². The maximum absolute atomic E-state index is 12.8. The van der Waals surface area contributed by atoms with Crippen LogP contribution in [0, 0.1) is 5.82 Å². The predicted octanol–water partition coefficient (Wildman–Crippen LogP) is 2.79. The second-order valence-electron chi connectivity index (χ2n) is 4.45. The third-order valence-electron chi connectivity index (χ3n) is 2.67. The standard InChI is InChI=1S/C15H15FO4S/c1-21(17,18)20-15-5-3-2-4-12(15)10-11-19-14-8-6-13(16)7-9-14/h2-9H,10-11H2,1H3. The summed E-state index contributed by atoms with van der Waals surface area (Å²) in [7, 11) is -3.56. The number of ether oxygens (including phenoxy) is 1. The molecule has 0 amide bonds. The Bertz CT molecular complexity index is 696. The summed E-state index contributed by atoms with van der Waals surface area (Å²) in [5.41, 5.74) is 0.727. The lowest BCUT2D eigenvalue weighted by Crippen LogP contribution is -2.09. The molecule has 0 saturated carbocycles. The van der Waals surface area contributed by atoms with Crippen LogP contribution in [-0.2, 0) is 16.5 Å². The van der Waals surface area contributed by atoms with E-state index < -0.39 is 10.1 Å². The van der Waals surface area contributed by atoms with Crippen molar-refractivity contribution in [2.24, 2.45) is 0 Å². The average molecular weight is 310 g/mol. The van der Waals surface area contributed by atoms with Gasteiger partial charge in [-0.15, -0.1) is 0 Å². The van der Waals surface area contributed by atoms with E-state index in [4.69, 9.17) is 8.92 Å². The normalized spacial score (nSPS) is 11.1. The minimum absolute atomic E-state index is 0.294. The summed E-state index contributed by atoms with van der Waals surface area (Å²) < 4.78 is 45.5. The smallest absolute Gasteiger partial charge is 0.306 e. The molecule has 0 fully saturated rings. The summed E-state index contributed by atoms with van der Waals surface area (Å²) in [6.45, 7) is 0.329. The third kappa shape index (κ3) is 5.07. The highest BCUT2D eigenvalue weighted by Crippen LogP contribution is 2.20. The highest BCUT2D eigenvalue weighted by molar-refractivity contribution is 7.86. The maximum atomic E-state index is 12.8. The SMILES string of the molecule is CS(=O)(=O)Oc1ccccc1CCOc1ccc(F)cc1. The number of hydrogen-bond donors (Lipinski definition) is 0. The van der Waals surface area contributed by atoms with E-state index in [0.29, 0.717) is 24.5 Å². The fourth-order valence-corrected chi connectivity index (χ4v) is 2.25. The molecular weight excluding hydrogens is 295 g/mol. The van der Waals surface area contributed by atoms with Crippen molar-refractivity contribution < 1.29 is 21.7 Å². The molecule has 0 radical (unpaired) electrons. The Morgan fingerprint density at radius 3 is 2.38 bits per heavy atom. The van der Waals surface area contributed by atoms with Gasteiger partial charge in [0.15, 0.2) is 0 Å². The van der Waals surface area contributed by atoms with Gasteiger partial charge in [-0.05, 0) is 35.9 Å². The Labute approximate surface area is 123 Å². The lowest BCUT2D eigenvalue weighted by Gasteiger charge is -2.10. The van der Waals surface area contributed by atoms with Crippen molar-refractivity contribution in [3.8, 4) is 11.5 Å². The van der Waals surface area contributed by atoms with Crippen LogP contribution in [0.3, 0.4) is 0 Å². The molecule has 0 atom stereocenters. The molecule has 2 aromatic rings. The molecule has 21 heavy (non-hydrogen) atoms. The van der Waals surface area contributed by atoms with Gasteiger partial charge in [-0.1, -0.05) is 18.2 Å². The molecule has 6 heteroatoms. The molecule has 0 saturated heterocycles. The van der Waals surface area contributed by atoms with E-state index in [9.17, 15) is 12.8 Å². The first kappa shape index (κ1) is 15.3. The van der Waals surface area contributed by atoms with Crippen molar-refractivity contribution in [2.45, 2.75) is 6.42 Å². The Balaban J connectivity index is 1.98. The van der Waals surface area contributed by atoms with Crippen molar-refractivity contribution in [3.63, 3.8) is 0 Å². The van der Waals surface area contributed by atoms with Crippen LogP contribution in [0.2, 0.25) is 0 Å². The molecule has 0 N–H and O–H groups in total. The molecule has 0 bridgehead atoms. The fourth-order valence-electron chi connectivity index (χ4n) is 1.76. The Morgan fingerprint density at radius 1 is 1.05 bits per heavy atom. The van der Waals surface area contributed by atoms with Crippen molar-refractivity contribution in [2.75, 3.05) is 12.9 Å². The first-order chi connectivity index (χ1) is 9.94. The van der Waals surface area contributed by atoms with Gasteiger partial charge in [0, 0.05) is 6.42 Å². The zero-order chi connectivity index (χ0) is 15.3. The molecule has 0 heterocycles. The van der Waals surface area contributed by atoms with E-state index >= 15 is 0 Å². The zero-order valence-electron chi connectivity index (χ0n) is 11.5. The number of rotatable bonds is 6. The van der Waals surface area contributed by atoms with Crippen LogP contribution >= 0.6 is 0 Å². The van der Waals surface area contributed by atoms with E-state index in [1.165, 1.54) is 24.3 Å². The minimum atomic E-state index is -3.56. The quantitative estimate of drug-likeness (QED) is 0.770. The number of benzene rings is 2. The molecule has 0 aliphatic carbocycles. The number of halogens is 1. The van der Waals surface area contributed by atoms with E-state index in [-0.39, 0.29) is 5.82 Å². The largest absolute Gasteiger partial charge is 0.493 e. The van der Waals surface area contributed by atoms with Gasteiger partial charge in [-0.25, -0.2) is 4.39 Å². The summed E-state index contributed by atoms with van der Waals surface area (Å²) in [6, 6.07) is 12.6. The summed E-state index contributed by atoms with van der Waals surface area (Å²) in [5, 5.41) is 0. The van der Waals surface area contributed by atoms with Gasteiger partial charge >= 0.3 is 10.1 Å². The summed E-state index contributed by atoms with van der Waals surface area (Å²) in [4.78, 5) is 0. The van der Waals surface area contributed by atoms with Gasteiger partial charge in [-0.2, -0.15) is 8.42 Å². The molecule has 2 rings (SSSR count). The number of para-hydroxylation sites is 1. The van der Waals surface area contributed by atoms with E-state index in [0.717, 1.165) is 11.8 Å². The summed E-state index contributed by atoms with van der Waals surface area (Å²) in [6.07, 6.45) is 1.47. The minimum Gasteiger partial charge on any atom is -0.493 e. The third-order valence-corrected chi connectivity index (χ3v) is 3.15. The van der Waals surface area contributed by atoms with Gasteiger partial charge in [-0.3, -0.25) is 0 Å². The average Bonchev–Trinajstić information content (AvgIpc) is 2.41. The van der Waals surface area contributed by atoms with Gasteiger partial charge in [0.05, 0.1) is 12.9 Å². The van der Waals surface area contributed by atoms with Gasteiger partial charge in [0.1, 0.15) is 17.3 Å². The fraction of sp³-hybridized carbons (Fsp3) is 0.200. The molecule has 112 valence electrons. The van der Waals surface area contributed by atoms with Crippen molar-refractivity contribution in [1.82, 2.24) is 0 Å². The molecular formula is C15H15FO4S.